The second-order valence-corrected chi connectivity index (χ2v) is 7.61. The van der Waals surface area contributed by atoms with Gasteiger partial charge >= 0.3 is 0 Å². The fraction of sp³-hybridized carbons (Fsp3) is 0.174. The van der Waals surface area contributed by atoms with Crippen LogP contribution in [-0.2, 0) is 0 Å². The lowest BCUT2D eigenvalue weighted by Crippen LogP contribution is -2.17. The van der Waals surface area contributed by atoms with Gasteiger partial charge in [0.1, 0.15) is 5.82 Å². The third-order valence-corrected chi connectivity index (χ3v) is 5.44. The topological polar surface area (TPSA) is 138 Å². The van der Waals surface area contributed by atoms with Crippen LogP contribution < -0.4 is 16.0 Å². The van der Waals surface area contributed by atoms with Gasteiger partial charge in [-0.2, -0.15) is 4.98 Å². The van der Waals surface area contributed by atoms with Crippen molar-refractivity contribution in [3.63, 3.8) is 0 Å². The Morgan fingerprint density at radius 2 is 2.03 bits per heavy atom. The summed E-state index contributed by atoms with van der Waals surface area (Å²) in [6, 6.07) is 14.6. The lowest BCUT2D eigenvalue weighted by atomic mass is 10.1. The van der Waals surface area contributed by atoms with Crippen LogP contribution in [0.5, 0.6) is 0 Å². The van der Waals surface area contributed by atoms with Gasteiger partial charge in [-0.3, -0.25) is 4.79 Å². The minimum absolute atomic E-state index is 0.0662. The summed E-state index contributed by atoms with van der Waals surface area (Å²) >= 11 is 0. The highest BCUT2D eigenvalue weighted by molar-refractivity contribution is 5.99. The molecule has 2 atom stereocenters. The van der Waals surface area contributed by atoms with Gasteiger partial charge in [0.15, 0.2) is 0 Å². The van der Waals surface area contributed by atoms with E-state index in [0.29, 0.717) is 22.9 Å². The quantitative estimate of drug-likeness (QED) is 0.339. The van der Waals surface area contributed by atoms with Gasteiger partial charge in [0.25, 0.3) is 11.8 Å². The first-order valence-corrected chi connectivity index (χ1v) is 10.4. The highest BCUT2D eigenvalue weighted by atomic mass is 16.4. The van der Waals surface area contributed by atoms with Crippen LogP contribution in [0.25, 0.3) is 11.5 Å². The van der Waals surface area contributed by atoms with Gasteiger partial charge in [0.2, 0.25) is 12.3 Å². The predicted molar refractivity (Wildman–Crippen MR) is 121 cm³/mol. The SMILES string of the molecule is CC1NC(=O)c2ccc(Nc3ncc(-c4nnco4)c(N[C@H](CO)c4ccccc4)n3)cc21. The van der Waals surface area contributed by atoms with Gasteiger partial charge in [-0.25, -0.2) is 4.98 Å². The molecule has 10 nitrogen and oxygen atoms in total. The van der Waals surface area contributed by atoms with E-state index >= 15 is 0 Å². The van der Waals surface area contributed by atoms with Crippen LogP contribution >= 0.6 is 0 Å². The number of amides is 1. The molecule has 1 aliphatic heterocycles. The number of carbonyl (C=O) groups excluding carboxylic acids is 1. The number of hydrogen-bond donors (Lipinski definition) is 4. The van der Waals surface area contributed by atoms with E-state index in [2.05, 4.69) is 36.1 Å². The first-order valence-electron chi connectivity index (χ1n) is 10.4. The van der Waals surface area contributed by atoms with E-state index in [-0.39, 0.29) is 24.4 Å². The average Bonchev–Trinajstić information content (AvgIpc) is 3.46. The van der Waals surface area contributed by atoms with E-state index in [1.54, 1.807) is 18.3 Å². The van der Waals surface area contributed by atoms with Crippen LogP contribution in [0.1, 0.15) is 40.5 Å². The van der Waals surface area contributed by atoms with Crippen molar-refractivity contribution >= 4 is 23.4 Å². The summed E-state index contributed by atoms with van der Waals surface area (Å²) in [4.78, 5) is 21.0. The molecule has 1 amide bonds. The Labute approximate surface area is 189 Å². The highest BCUT2D eigenvalue weighted by Gasteiger charge is 2.25. The molecule has 1 unspecified atom stereocenters. The molecule has 4 aromatic rings. The van der Waals surface area contributed by atoms with Gasteiger partial charge in [-0.05, 0) is 36.2 Å². The van der Waals surface area contributed by atoms with E-state index in [1.165, 1.54) is 6.39 Å². The standard InChI is InChI=1S/C23H21N7O3/c1-13-17-9-15(7-8-16(17)21(32)26-13)27-23-24-10-18(22-30-25-12-33-22)20(29-23)28-19(11-31)14-5-3-2-4-6-14/h2-10,12-13,19,31H,11H2,1H3,(H,26,32)(H2,24,27,28,29)/t13?,19-/m1/s1. The molecule has 4 N–H and O–H groups in total. The summed E-state index contributed by atoms with van der Waals surface area (Å²) in [7, 11) is 0. The van der Waals surface area contributed by atoms with Crippen LogP contribution in [0.15, 0.2) is 65.5 Å². The molecule has 0 saturated carbocycles. The minimum Gasteiger partial charge on any atom is -0.423 e. The van der Waals surface area contributed by atoms with Crippen LogP contribution in [-0.4, -0.2) is 37.8 Å². The molecule has 0 fully saturated rings. The van der Waals surface area contributed by atoms with E-state index in [1.807, 2.05) is 43.3 Å². The van der Waals surface area contributed by atoms with Crippen molar-refractivity contribution in [1.82, 2.24) is 25.5 Å². The third kappa shape index (κ3) is 4.11. The molecule has 166 valence electrons. The molecule has 3 heterocycles. The smallest absolute Gasteiger partial charge is 0.252 e. The number of carbonyl (C=O) groups is 1. The molecule has 5 rings (SSSR count). The molecule has 33 heavy (non-hydrogen) atoms. The summed E-state index contributed by atoms with van der Waals surface area (Å²) in [5.41, 5.74) is 3.72. The number of hydrogen-bond acceptors (Lipinski definition) is 9. The number of aliphatic hydroxyl groups excluding tert-OH is 1. The number of nitrogens with one attached hydrogen (secondary N) is 3. The summed E-state index contributed by atoms with van der Waals surface area (Å²) in [5.74, 6) is 0.929. The van der Waals surface area contributed by atoms with Crippen molar-refractivity contribution < 1.29 is 14.3 Å². The van der Waals surface area contributed by atoms with Crippen molar-refractivity contribution in [3.05, 3.63) is 77.8 Å². The van der Waals surface area contributed by atoms with Gasteiger partial charge < -0.3 is 25.5 Å². The second-order valence-electron chi connectivity index (χ2n) is 7.61. The Morgan fingerprint density at radius 3 is 2.79 bits per heavy atom. The number of nitrogens with zero attached hydrogens (tertiary/aromatic N) is 4. The largest absolute Gasteiger partial charge is 0.423 e. The molecule has 0 radical (unpaired) electrons. The maximum atomic E-state index is 12.0. The fourth-order valence-electron chi connectivity index (χ4n) is 3.77. The van der Waals surface area contributed by atoms with E-state index in [0.717, 1.165) is 16.8 Å². The van der Waals surface area contributed by atoms with Crippen molar-refractivity contribution in [3.8, 4) is 11.5 Å². The molecule has 2 aromatic carbocycles. The fourth-order valence-corrected chi connectivity index (χ4v) is 3.77. The highest BCUT2D eigenvalue weighted by Crippen LogP contribution is 2.31. The number of anilines is 3. The molecule has 0 saturated heterocycles. The Kier molecular flexibility index (Phi) is 5.41. The van der Waals surface area contributed by atoms with Crippen molar-refractivity contribution in [1.29, 1.82) is 0 Å². The number of aromatic nitrogens is 4. The molecule has 2 aromatic heterocycles. The van der Waals surface area contributed by atoms with Crippen molar-refractivity contribution in [2.75, 3.05) is 17.2 Å². The number of benzene rings is 2. The van der Waals surface area contributed by atoms with Crippen LogP contribution in [0.3, 0.4) is 0 Å². The van der Waals surface area contributed by atoms with E-state index in [4.69, 9.17) is 4.42 Å². The lowest BCUT2D eigenvalue weighted by molar-refractivity contribution is 0.0958. The monoisotopic (exact) mass is 443 g/mol. The Bertz CT molecular complexity index is 1280. The molecular weight excluding hydrogens is 422 g/mol. The number of aliphatic hydroxyl groups is 1. The zero-order valence-corrected chi connectivity index (χ0v) is 17.7. The van der Waals surface area contributed by atoms with Gasteiger partial charge in [-0.1, -0.05) is 30.3 Å². The summed E-state index contributed by atoms with van der Waals surface area (Å²) in [5, 5.41) is 27.0. The maximum absolute atomic E-state index is 12.0. The summed E-state index contributed by atoms with van der Waals surface area (Å²) < 4.78 is 5.35. The van der Waals surface area contributed by atoms with Gasteiger partial charge in [0, 0.05) is 17.4 Å². The maximum Gasteiger partial charge on any atom is 0.252 e. The molecule has 0 aliphatic carbocycles. The summed E-state index contributed by atoms with van der Waals surface area (Å²) in [6.07, 6.45) is 2.80. The molecular formula is C23H21N7O3. The van der Waals surface area contributed by atoms with Crippen molar-refractivity contribution in [2.24, 2.45) is 0 Å². The summed E-state index contributed by atoms with van der Waals surface area (Å²) in [6.45, 7) is 1.79. The van der Waals surface area contributed by atoms with E-state index in [9.17, 15) is 9.90 Å². The van der Waals surface area contributed by atoms with Crippen LogP contribution in [0, 0.1) is 0 Å². The second kappa shape index (κ2) is 8.67. The Hall–Kier alpha value is -4.31. The van der Waals surface area contributed by atoms with Crippen molar-refractivity contribution in [2.45, 2.75) is 19.0 Å². The zero-order chi connectivity index (χ0) is 22.8. The lowest BCUT2D eigenvalue weighted by Gasteiger charge is -2.19. The van der Waals surface area contributed by atoms with Crippen LogP contribution in [0.2, 0.25) is 0 Å². The predicted octanol–water partition coefficient (Wildman–Crippen LogP) is 3.22. The number of rotatable bonds is 7. The molecule has 1 aliphatic rings. The minimum atomic E-state index is -0.409. The van der Waals surface area contributed by atoms with Gasteiger partial charge in [-0.15, -0.1) is 10.2 Å². The Balaban J connectivity index is 1.47. The first kappa shape index (κ1) is 20.6. The van der Waals surface area contributed by atoms with Gasteiger partial charge in [0.05, 0.1) is 24.3 Å². The Morgan fingerprint density at radius 1 is 1.18 bits per heavy atom. The molecule has 10 heteroatoms. The third-order valence-electron chi connectivity index (χ3n) is 5.44. The average molecular weight is 443 g/mol. The van der Waals surface area contributed by atoms with E-state index < -0.39 is 6.04 Å². The number of fused-ring (bicyclic) bond motifs is 1. The molecule has 0 bridgehead atoms. The molecule has 0 spiro atoms. The first-order chi connectivity index (χ1) is 16.1. The zero-order valence-electron chi connectivity index (χ0n) is 17.7. The van der Waals surface area contributed by atoms with Crippen LogP contribution in [0.4, 0.5) is 17.5 Å². The normalized spacial score (nSPS) is 15.6.